The van der Waals surface area contributed by atoms with Gasteiger partial charge in [0.1, 0.15) is 11.3 Å². The summed E-state index contributed by atoms with van der Waals surface area (Å²) < 4.78 is 46.4. The van der Waals surface area contributed by atoms with Crippen molar-refractivity contribution in [1.82, 2.24) is 19.1 Å². The van der Waals surface area contributed by atoms with Crippen LogP contribution < -0.4 is 16.2 Å². The Morgan fingerprint density at radius 1 is 1.09 bits per heavy atom. The predicted octanol–water partition coefficient (Wildman–Crippen LogP) is 2.91. The van der Waals surface area contributed by atoms with E-state index in [9.17, 15) is 22.8 Å². The van der Waals surface area contributed by atoms with Crippen LogP contribution in [-0.2, 0) is 13.2 Å². The number of aromatic nitrogens is 4. The SMILES string of the molecule is COc1cccc(-n2c(=O)n(C)c3c(C(N)=O)nc(-c4ccc(C(F)(F)F)cc4)nc32)c1. The highest BCUT2D eigenvalue weighted by molar-refractivity contribution is 6.02. The summed E-state index contributed by atoms with van der Waals surface area (Å²) in [5.74, 6) is -0.482. The van der Waals surface area contributed by atoms with E-state index in [1.165, 1.54) is 35.4 Å². The molecule has 4 aromatic rings. The Morgan fingerprint density at radius 3 is 2.38 bits per heavy atom. The van der Waals surface area contributed by atoms with Gasteiger partial charge in [-0.05, 0) is 24.3 Å². The van der Waals surface area contributed by atoms with Crippen LogP contribution in [0, 0.1) is 0 Å². The Balaban J connectivity index is 2.01. The second-order valence-electron chi connectivity index (χ2n) is 6.89. The third-order valence-corrected chi connectivity index (χ3v) is 4.91. The first kappa shape index (κ1) is 21.1. The molecule has 1 amide bonds. The maximum Gasteiger partial charge on any atom is 0.416 e. The monoisotopic (exact) mass is 443 g/mol. The molecule has 0 unspecified atom stereocenters. The van der Waals surface area contributed by atoms with Crippen LogP contribution in [0.15, 0.2) is 53.3 Å². The zero-order valence-corrected chi connectivity index (χ0v) is 16.8. The van der Waals surface area contributed by atoms with Crippen molar-refractivity contribution in [3.05, 3.63) is 70.3 Å². The summed E-state index contributed by atoms with van der Waals surface area (Å²) in [4.78, 5) is 33.7. The zero-order chi connectivity index (χ0) is 23.2. The summed E-state index contributed by atoms with van der Waals surface area (Å²) >= 11 is 0. The fourth-order valence-electron chi connectivity index (χ4n) is 3.34. The second-order valence-corrected chi connectivity index (χ2v) is 6.89. The molecule has 0 atom stereocenters. The summed E-state index contributed by atoms with van der Waals surface area (Å²) in [5, 5.41) is 0. The van der Waals surface area contributed by atoms with Crippen LogP contribution in [0.2, 0.25) is 0 Å². The number of nitrogens with two attached hydrogens (primary N) is 1. The minimum absolute atomic E-state index is 0.0535. The molecular weight excluding hydrogens is 427 g/mol. The van der Waals surface area contributed by atoms with Gasteiger partial charge in [0.25, 0.3) is 5.91 Å². The Kier molecular flexibility index (Phi) is 4.96. The maximum atomic E-state index is 13.0. The number of hydrogen-bond acceptors (Lipinski definition) is 5. The minimum Gasteiger partial charge on any atom is -0.497 e. The minimum atomic E-state index is -4.51. The third kappa shape index (κ3) is 3.47. The Bertz CT molecular complexity index is 1410. The summed E-state index contributed by atoms with van der Waals surface area (Å²) in [7, 11) is 2.91. The van der Waals surface area contributed by atoms with Gasteiger partial charge >= 0.3 is 11.9 Å². The van der Waals surface area contributed by atoms with Gasteiger partial charge in [0.2, 0.25) is 0 Å². The highest BCUT2D eigenvalue weighted by Crippen LogP contribution is 2.31. The molecule has 0 aliphatic carbocycles. The van der Waals surface area contributed by atoms with Crippen molar-refractivity contribution in [1.29, 1.82) is 0 Å². The first-order valence-electron chi connectivity index (χ1n) is 9.23. The first-order chi connectivity index (χ1) is 15.1. The largest absolute Gasteiger partial charge is 0.497 e. The fraction of sp³-hybridized carbons (Fsp3) is 0.143. The molecule has 2 aromatic heterocycles. The Labute approximate surface area is 178 Å². The van der Waals surface area contributed by atoms with Gasteiger partial charge in [-0.1, -0.05) is 18.2 Å². The van der Waals surface area contributed by atoms with Crippen molar-refractivity contribution in [2.45, 2.75) is 6.18 Å². The molecule has 11 heteroatoms. The number of hydrogen-bond donors (Lipinski definition) is 1. The van der Waals surface area contributed by atoms with E-state index in [0.29, 0.717) is 11.4 Å². The topological polar surface area (TPSA) is 105 Å². The van der Waals surface area contributed by atoms with Crippen LogP contribution in [0.5, 0.6) is 5.75 Å². The number of benzene rings is 2. The van der Waals surface area contributed by atoms with Gasteiger partial charge in [0.05, 0.1) is 18.4 Å². The molecule has 0 bridgehead atoms. The van der Waals surface area contributed by atoms with Crippen molar-refractivity contribution < 1.29 is 22.7 Å². The molecule has 8 nitrogen and oxygen atoms in total. The van der Waals surface area contributed by atoms with Crippen molar-refractivity contribution >= 4 is 17.1 Å². The van der Waals surface area contributed by atoms with Gasteiger partial charge in [0, 0.05) is 18.7 Å². The molecule has 2 N–H and O–H groups in total. The summed E-state index contributed by atoms with van der Waals surface area (Å²) in [6.45, 7) is 0. The van der Waals surface area contributed by atoms with Gasteiger partial charge in [0.15, 0.2) is 17.2 Å². The number of imidazole rings is 1. The van der Waals surface area contributed by atoms with E-state index in [1.807, 2.05) is 0 Å². The lowest BCUT2D eigenvalue weighted by atomic mass is 10.1. The van der Waals surface area contributed by atoms with E-state index in [-0.39, 0.29) is 28.2 Å². The molecule has 0 aliphatic rings. The van der Waals surface area contributed by atoms with Crippen LogP contribution in [0.25, 0.3) is 28.2 Å². The predicted molar refractivity (Wildman–Crippen MR) is 110 cm³/mol. The summed E-state index contributed by atoms with van der Waals surface area (Å²) in [5.41, 5.74) is 4.71. The molecule has 0 fully saturated rings. The van der Waals surface area contributed by atoms with Crippen LogP contribution in [-0.4, -0.2) is 32.1 Å². The smallest absolute Gasteiger partial charge is 0.416 e. The van der Waals surface area contributed by atoms with E-state index < -0.39 is 23.3 Å². The summed E-state index contributed by atoms with van der Waals surface area (Å²) in [6.07, 6.45) is -4.51. The maximum absolute atomic E-state index is 13.0. The number of fused-ring (bicyclic) bond motifs is 1. The fourth-order valence-corrected chi connectivity index (χ4v) is 3.34. The van der Waals surface area contributed by atoms with E-state index in [2.05, 4.69) is 9.97 Å². The van der Waals surface area contributed by atoms with Crippen molar-refractivity contribution in [2.24, 2.45) is 12.8 Å². The van der Waals surface area contributed by atoms with Gasteiger partial charge in [-0.2, -0.15) is 13.2 Å². The van der Waals surface area contributed by atoms with Crippen LogP contribution in [0.1, 0.15) is 16.1 Å². The van der Waals surface area contributed by atoms with Gasteiger partial charge in [-0.3, -0.25) is 9.36 Å². The van der Waals surface area contributed by atoms with Crippen molar-refractivity contribution in [2.75, 3.05) is 7.11 Å². The number of ether oxygens (including phenoxy) is 1. The quantitative estimate of drug-likeness (QED) is 0.522. The number of halogens is 3. The van der Waals surface area contributed by atoms with Crippen LogP contribution >= 0.6 is 0 Å². The molecule has 0 saturated carbocycles. The second kappa shape index (κ2) is 7.52. The van der Waals surface area contributed by atoms with Gasteiger partial charge in [-0.15, -0.1) is 0 Å². The average Bonchev–Trinajstić information content (AvgIpc) is 3.02. The molecule has 2 heterocycles. The molecule has 164 valence electrons. The van der Waals surface area contributed by atoms with Crippen molar-refractivity contribution in [3.63, 3.8) is 0 Å². The molecule has 0 radical (unpaired) electrons. The standard InChI is InChI=1S/C21H16F3N5O3/c1-28-16-15(17(25)30)26-18(11-6-8-12(9-7-11)21(22,23)24)27-19(16)29(20(28)31)13-4-3-5-14(10-13)32-2/h3-10H,1-2H3,(H2,25,30). The Morgan fingerprint density at radius 2 is 1.78 bits per heavy atom. The van der Waals surface area contributed by atoms with Crippen molar-refractivity contribution in [3.8, 4) is 22.8 Å². The molecule has 4 rings (SSSR count). The first-order valence-corrected chi connectivity index (χ1v) is 9.23. The zero-order valence-electron chi connectivity index (χ0n) is 16.8. The molecular formula is C21H16F3N5O3. The molecule has 32 heavy (non-hydrogen) atoms. The number of nitrogens with zero attached hydrogens (tertiary/aromatic N) is 4. The highest BCUT2D eigenvalue weighted by Gasteiger charge is 2.30. The average molecular weight is 443 g/mol. The Hall–Kier alpha value is -4.15. The number of methoxy groups -OCH3 is 1. The number of aryl methyl sites for hydroxylation is 1. The lowest BCUT2D eigenvalue weighted by molar-refractivity contribution is -0.137. The van der Waals surface area contributed by atoms with Crippen LogP contribution in [0.4, 0.5) is 13.2 Å². The van der Waals surface area contributed by atoms with Crippen LogP contribution in [0.3, 0.4) is 0 Å². The lowest BCUT2D eigenvalue weighted by Crippen LogP contribution is -2.21. The van der Waals surface area contributed by atoms with E-state index in [0.717, 1.165) is 12.1 Å². The number of rotatable bonds is 4. The van der Waals surface area contributed by atoms with E-state index in [1.54, 1.807) is 24.3 Å². The lowest BCUT2D eigenvalue weighted by Gasteiger charge is -2.09. The van der Waals surface area contributed by atoms with Gasteiger partial charge in [-0.25, -0.2) is 19.3 Å². The number of primary amides is 1. The normalized spacial score (nSPS) is 11.7. The number of carbonyl (C=O) groups is 1. The summed E-state index contributed by atoms with van der Waals surface area (Å²) in [6, 6.07) is 10.7. The number of alkyl halides is 3. The third-order valence-electron chi connectivity index (χ3n) is 4.91. The number of amides is 1. The van der Waals surface area contributed by atoms with Gasteiger partial charge < -0.3 is 10.5 Å². The highest BCUT2D eigenvalue weighted by atomic mass is 19.4. The molecule has 0 spiro atoms. The number of carbonyl (C=O) groups excluding carboxylic acids is 1. The molecule has 0 aliphatic heterocycles. The van der Waals surface area contributed by atoms with E-state index >= 15 is 0 Å². The molecule has 2 aromatic carbocycles. The van der Waals surface area contributed by atoms with E-state index in [4.69, 9.17) is 10.5 Å². The molecule has 0 saturated heterocycles.